The highest BCUT2D eigenvalue weighted by atomic mass is 32.1. The van der Waals surface area contributed by atoms with Crippen LogP contribution in [0.15, 0.2) is 23.6 Å². The van der Waals surface area contributed by atoms with Crippen LogP contribution in [0.25, 0.3) is 0 Å². The fraction of sp³-hybridized carbons (Fsp3) is 0. The lowest BCUT2D eigenvalue weighted by Crippen LogP contribution is -2.12. The number of thiazole rings is 1. The topological polar surface area (TPSA) is 79.3 Å². The summed E-state index contributed by atoms with van der Waals surface area (Å²) in [6, 6.07) is 2.54. The molecule has 1 amide bonds. The molecule has 1 heterocycles. The van der Waals surface area contributed by atoms with Gasteiger partial charge in [-0.05, 0) is 12.1 Å². The number of carbonyl (C=O) groups excluding carboxylic acids is 1. The summed E-state index contributed by atoms with van der Waals surface area (Å²) in [4.78, 5) is 25.8. The molecule has 19 heavy (non-hydrogen) atoms. The van der Waals surface area contributed by atoms with Crippen molar-refractivity contribution in [3.05, 3.63) is 45.9 Å². The molecule has 0 bridgehead atoms. The third-order valence-electron chi connectivity index (χ3n) is 2.04. The van der Waals surface area contributed by atoms with Gasteiger partial charge >= 0.3 is 5.97 Å². The van der Waals surface area contributed by atoms with Crippen molar-refractivity contribution < 1.29 is 23.5 Å². The van der Waals surface area contributed by atoms with Gasteiger partial charge in [0.2, 0.25) is 0 Å². The molecule has 98 valence electrons. The SMILES string of the molecule is O=C(O)c1csc(C(=O)Nc2cc(F)cc(F)c2)n1. The summed E-state index contributed by atoms with van der Waals surface area (Å²) in [5, 5.41) is 12.0. The number of aromatic carboxylic acids is 1. The number of halogens is 2. The second-order valence-corrected chi connectivity index (χ2v) is 4.31. The number of hydrogen-bond acceptors (Lipinski definition) is 4. The van der Waals surface area contributed by atoms with E-state index in [1.165, 1.54) is 5.38 Å². The normalized spacial score (nSPS) is 10.2. The average molecular weight is 284 g/mol. The lowest BCUT2D eigenvalue weighted by atomic mass is 10.3. The lowest BCUT2D eigenvalue weighted by Gasteiger charge is -2.03. The van der Waals surface area contributed by atoms with Crippen LogP contribution in [0.2, 0.25) is 0 Å². The van der Waals surface area contributed by atoms with Gasteiger partial charge in [-0.3, -0.25) is 4.79 Å². The second kappa shape index (κ2) is 5.11. The van der Waals surface area contributed by atoms with Gasteiger partial charge in [-0.1, -0.05) is 0 Å². The standard InChI is InChI=1S/C11H6F2N2O3S/c12-5-1-6(13)3-7(2-5)14-9(16)10-15-8(4-19-10)11(17)18/h1-4H,(H,14,16)(H,17,18). The lowest BCUT2D eigenvalue weighted by molar-refractivity contribution is 0.0691. The van der Waals surface area contributed by atoms with Gasteiger partial charge in [0, 0.05) is 17.1 Å². The van der Waals surface area contributed by atoms with Crippen LogP contribution in [0.3, 0.4) is 0 Å². The minimum atomic E-state index is -1.26. The molecule has 0 aliphatic rings. The summed E-state index contributed by atoms with van der Waals surface area (Å²) in [7, 11) is 0. The molecular formula is C11H6F2N2O3S. The molecule has 2 rings (SSSR count). The van der Waals surface area contributed by atoms with Crippen LogP contribution < -0.4 is 5.32 Å². The van der Waals surface area contributed by atoms with E-state index >= 15 is 0 Å². The Morgan fingerprint density at radius 1 is 1.21 bits per heavy atom. The molecule has 0 saturated carbocycles. The predicted octanol–water partition coefficient (Wildman–Crippen LogP) is 2.37. The molecule has 1 aromatic carbocycles. The summed E-state index contributed by atoms with van der Waals surface area (Å²) < 4.78 is 25.8. The van der Waals surface area contributed by atoms with Gasteiger partial charge in [-0.2, -0.15) is 0 Å². The zero-order valence-electron chi connectivity index (χ0n) is 9.18. The van der Waals surface area contributed by atoms with Gasteiger partial charge in [0.25, 0.3) is 5.91 Å². The van der Waals surface area contributed by atoms with Gasteiger partial charge in [-0.25, -0.2) is 18.6 Å². The second-order valence-electron chi connectivity index (χ2n) is 3.46. The third-order valence-corrected chi connectivity index (χ3v) is 2.88. The van der Waals surface area contributed by atoms with Crippen LogP contribution in [-0.2, 0) is 0 Å². The molecule has 0 unspecified atom stereocenters. The van der Waals surface area contributed by atoms with Crippen LogP contribution in [0, 0.1) is 11.6 Å². The molecule has 0 spiro atoms. The molecule has 8 heteroatoms. The molecule has 5 nitrogen and oxygen atoms in total. The van der Waals surface area contributed by atoms with Crippen molar-refractivity contribution in [2.45, 2.75) is 0 Å². The minimum absolute atomic E-state index is 0.0745. The molecule has 0 aliphatic heterocycles. The number of anilines is 1. The number of carbonyl (C=O) groups is 2. The summed E-state index contributed by atoms with van der Waals surface area (Å²) in [5.74, 6) is -3.66. The number of carboxylic acid groups (broad SMARTS) is 1. The van der Waals surface area contributed by atoms with E-state index in [2.05, 4.69) is 10.3 Å². The maximum absolute atomic E-state index is 12.9. The predicted molar refractivity (Wildman–Crippen MR) is 63.4 cm³/mol. The number of amides is 1. The maximum atomic E-state index is 12.9. The van der Waals surface area contributed by atoms with E-state index in [1.807, 2.05) is 0 Å². The van der Waals surface area contributed by atoms with Crippen LogP contribution >= 0.6 is 11.3 Å². The molecule has 0 aliphatic carbocycles. The summed E-state index contributed by atoms with van der Waals surface area (Å²) in [6.45, 7) is 0. The Morgan fingerprint density at radius 3 is 2.37 bits per heavy atom. The van der Waals surface area contributed by atoms with Crippen molar-refractivity contribution in [2.75, 3.05) is 5.32 Å². The molecule has 1 aromatic heterocycles. The average Bonchev–Trinajstić information content (AvgIpc) is 2.76. The zero-order chi connectivity index (χ0) is 14.0. The van der Waals surface area contributed by atoms with Gasteiger partial charge in [0.1, 0.15) is 11.6 Å². The highest BCUT2D eigenvalue weighted by Crippen LogP contribution is 2.16. The zero-order valence-corrected chi connectivity index (χ0v) is 10.0. The van der Waals surface area contributed by atoms with E-state index in [0.717, 1.165) is 23.5 Å². The first-order valence-electron chi connectivity index (χ1n) is 4.92. The Hall–Kier alpha value is -2.35. The highest BCUT2D eigenvalue weighted by Gasteiger charge is 2.15. The molecule has 0 fully saturated rings. The summed E-state index contributed by atoms with van der Waals surface area (Å²) in [6.07, 6.45) is 0. The van der Waals surface area contributed by atoms with Crippen molar-refractivity contribution in [1.29, 1.82) is 0 Å². The number of carboxylic acids is 1. The molecule has 2 N–H and O–H groups in total. The molecule has 2 aromatic rings. The summed E-state index contributed by atoms with van der Waals surface area (Å²) >= 11 is 0.822. The first-order chi connectivity index (χ1) is 8.95. The van der Waals surface area contributed by atoms with Crippen molar-refractivity contribution in [1.82, 2.24) is 4.98 Å². The molecule has 0 saturated heterocycles. The Balaban J connectivity index is 2.18. The van der Waals surface area contributed by atoms with Crippen molar-refractivity contribution in [2.24, 2.45) is 0 Å². The van der Waals surface area contributed by atoms with E-state index < -0.39 is 23.5 Å². The van der Waals surface area contributed by atoms with Gasteiger partial charge in [-0.15, -0.1) is 11.3 Å². The monoisotopic (exact) mass is 284 g/mol. The number of benzene rings is 1. The fourth-order valence-corrected chi connectivity index (χ4v) is 1.97. The Kier molecular flexibility index (Phi) is 3.52. The van der Waals surface area contributed by atoms with Crippen LogP contribution in [0.4, 0.5) is 14.5 Å². The van der Waals surface area contributed by atoms with E-state index in [0.29, 0.717) is 6.07 Å². The summed E-state index contributed by atoms with van der Waals surface area (Å²) in [5.41, 5.74) is -0.338. The van der Waals surface area contributed by atoms with Crippen LogP contribution in [0.5, 0.6) is 0 Å². The Morgan fingerprint density at radius 2 is 1.84 bits per heavy atom. The fourth-order valence-electron chi connectivity index (χ4n) is 1.29. The largest absolute Gasteiger partial charge is 0.476 e. The highest BCUT2D eigenvalue weighted by molar-refractivity contribution is 7.12. The van der Waals surface area contributed by atoms with Crippen LogP contribution in [-0.4, -0.2) is 22.0 Å². The van der Waals surface area contributed by atoms with E-state index in [4.69, 9.17) is 5.11 Å². The van der Waals surface area contributed by atoms with E-state index in [9.17, 15) is 18.4 Å². The van der Waals surface area contributed by atoms with Gasteiger partial charge in [0.15, 0.2) is 10.7 Å². The molecule has 0 radical (unpaired) electrons. The van der Waals surface area contributed by atoms with Crippen molar-refractivity contribution in [3.8, 4) is 0 Å². The number of aromatic nitrogens is 1. The quantitative estimate of drug-likeness (QED) is 0.906. The first-order valence-corrected chi connectivity index (χ1v) is 5.80. The number of rotatable bonds is 3. The van der Waals surface area contributed by atoms with E-state index in [1.54, 1.807) is 0 Å². The number of nitrogens with one attached hydrogen (secondary N) is 1. The Labute approximate surface area is 109 Å². The first kappa shape index (κ1) is 13.1. The maximum Gasteiger partial charge on any atom is 0.355 e. The van der Waals surface area contributed by atoms with Gasteiger partial charge in [0.05, 0.1) is 0 Å². The third kappa shape index (κ3) is 3.10. The van der Waals surface area contributed by atoms with Crippen LogP contribution in [0.1, 0.15) is 20.3 Å². The van der Waals surface area contributed by atoms with Gasteiger partial charge < -0.3 is 10.4 Å². The number of hydrogen-bond donors (Lipinski definition) is 2. The molecule has 0 atom stereocenters. The van der Waals surface area contributed by atoms with Crippen molar-refractivity contribution >= 4 is 28.9 Å². The number of nitrogens with zero attached hydrogens (tertiary/aromatic N) is 1. The van der Waals surface area contributed by atoms with Crippen molar-refractivity contribution in [3.63, 3.8) is 0 Å². The Bertz CT molecular complexity index is 637. The van der Waals surface area contributed by atoms with E-state index in [-0.39, 0.29) is 16.4 Å². The smallest absolute Gasteiger partial charge is 0.355 e. The minimum Gasteiger partial charge on any atom is -0.476 e. The molecular weight excluding hydrogens is 278 g/mol.